The van der Waals surface area contributed by atoms with Crippen LogP contribution in [0.3, 0.4) is 0 Å². The summed E-state index contributed by atoms with van der Waals surface area (Å²) in [5.41, 5.74) is 2.57. The Labute approximate surface area is 198 Å². The second-order valence-corrected chi connectivity index (χ2v) is 10.2. The lowest BCUT2D eigenvalue weighted by atomic mass is 9.97. The molecular weight excluding hydrogens is 432 g/mol. The fraction of sp³-hybridized carbons (Fsp3) is 0.500. The van der Waals surface area contributed by atoms with Crippen molar-refractivity contribution in [2.75, 3.05) is 31.1 Å². The lowest BCUT2D eigenvalue weighted by molar-refractivity contribution is -0.131. The Morgan fingerprint density at radius 3 is 2.58 bits per heavy atom. The number of rotatable bonds is 6. The number of hydrogen-bond donors (Lipinski definition) is 0. The highest BCUT2D eigenvalue weighted by Gasteiger charge is 2.27. The first-order valence-electron chi connectivity index (χ1n) is 12.3. The number of benzene rings is 1. The molecule has 0 bridgehead atoms. The maximum Gasteiger partial charge on any atom is 0.263 e. The number of fused-ring (bicyclic) bond motifs is 3. The normalized spacial score (nSPS) is 16.3. The zero-order valence-corrected chi connectivity index (χ0v) is 20.2. The van der Waals surface area contributed by atoms with Gasteiger partial charge in [0.05, 0.1) is 5.39 Å². The van der Waals surface area contributed by atoms with E-state index in [2.05, 4.69) is 24.0 Å². The predicted octanol–water partition coefficient (Wildman–Crippen LogP) is 4.03. The molecule has 0 radical (unpaired) electrons. The molecule has 5 rings (SSSR count). The Morgan fingerprint density at radius 2 is 1.82 bits per heavy atom. The predicted molar refractivity (Wildman–Crippen MR) is 134 cm³/mol. The van der Waals surface area contributed by atoms with Crippen LogP contribution >= 0.6 is 11.3 Å². The van der Waals surface area contributed by atoms with Crippen LogP contribution in [0.15, 0.2) is 35.1 Å². The summed E-state index contributed by atoms with van der Waals surface area (Å²) >= 11 is 1.71. The average Bonchev–Trinajstić information content (AvgIpc) is 3.24. The van der Waals surface area contributed by atoms with Crippen LogP contribution in [0.5, 0.6) is 0 Å². The lowest BCUT2D eigenvalue weighted by Gasteiger charge is -2.36. The third kappa shape index (κ3) is 4.43. The number of thiophene rings is 1. The van der Waals surface area contributed by atoms with Crippen LogP contribution in [-0.4, -0.2) is 46.5 Å². The number of nitrogens with zero attached hydrogens (tertiary/aromatic N) is 4. The van der Waals surface area contributed by atoms with E-state index in [4.69, 9.17) is 4.98 Å². The molecule has 7 heteroatoms. The molecule has 2 aliphatic rings. The Bertz CT molecular complexity index is 1190. The highest BCUT2D eigenvalue weighted by molar-refractivity contribution is 7.18. The maximum absolute atomic E-state index is 13.5. The summed E-state index contributed by atoms with van der Waals surface area (Å²) in [6.45, 7) is 5.56. The summed E-state index contributed by atoms with van der Waals surface area (Å²) < 4.78 is 1.89. The molecule has 0 N–H and O–H groups in total. The number of aryl methyl sites for hydroxylation is 3. The highest BCUT2D eigenvalue weighted by Crippen LogP contribution is 2.34. The topological polar surface area (TPSA) is 58.4 Å². The van der Waals surface area contributed by atoms with Crippen LogP contribution in [-0.2, 0) is 30.6 Å². The van der Waals surface area contributed by atoms with Crippen molar-refractivity contribution in [1.29, 1.82) is 0 Å². The van der Waals surface area contributed by atoms with Crippen molar-refractivity contribution in [1.82, 2.24) is 14.5 Å². The molecule has 1 fully saturated rings. The third-order valence-corrected chi connectivity index (χ3v) is 8.07. The van der Waals surface area contributed by atoms with E-state index < -0.39 is 0 Å². The third-order valence-electron chi connectivity index (χ3n) is 6.89. The number of hydrogen-bond acceptors (Lipinski definition) is 5. The molecule has 0 saturated carbocycles. The molecule has 3 heterocycles. The summed E-state index contributed by atoms with van der Waals surface area (Å²) in [6.07, 6.45) is 6.64. The van der Waals surface area contributed by atoms with Gasteiger partial charge in [0.1, 0.15) is 4.83 Å². The molecule has 1 aromatic carbocycles. The molecule has 2 aromatic heterocycles. The van der Waals surface area contributed by atoms with Gasteiger partial charge in [0.25, 0.3) is 5.56 Å². The zero-order valence-electron chi connectivity index (χ0n) is 19.4. The quantitative estimate of drug-likeness (QED) is 0.553. The molecule has 1 aliphatic carbocycles. The molecule has 0 unspecified atom stereocenters. The van der Waals surface area contributed by atoms with Crippen LogP contribution in [0, 0.1) is 0 Å². The molecule has 0 atom stereocenters. The Hall–Kier alpha value is -2.67. The molecule has 33 heavy (non-hydrogen) atoms. The van der Waals surface area contributed by atoms with Crippen LogP contribution in [0.25, 0.3) is 10.2 Å². The van der Waals surface area contributed by atoms with Gasteiger partial charge in [-0.05, 0) is 49.7 Å². The van der Waals surface area contributed by atoms with E-state index >= 15 is 0 Å². The fourth-order valence-corrected chi connectivity index (χ4v) is 6.35. The minimum absolute atomic E-state index is 0.123. The first-order chi connectivity index (χ1) is 16.2. The van der Waals surface area contributed by atoms with E-state index in [0.29, 0.717) is 39.1 Å². The number of carbonyl (C=O) groups is 1. The zero-order chi connectivity index (χ0) is 22.8. The van der Waals surface area contributed by atoms with Gasteiger partial charge in [0, 0.05) is 44.0 Å². The number of aromatic nitrogens is 2. The monoisotopic (exact) mass is 464 g/mol. The second kappa shape index (κ2) is 9.67. The largest absolute Gasteiger partial charge is 0.339 e. The van der Waals surface area contributed by atoms with Gasteiger partial charge < -0.3 is 9.80 Å². The Morgan fingerprint density at radius 1 is 1.06 bits per heavy atom. The van der Waals surface area contributed by atoms with Crippen molar-refractivity contribution in [2.24, 2.45) is 0 Å². The molecule has 6 nitrogen and oxygen atoms in total. The molecular formula is C26H32N4O2S. The molecule has 1 saturated heterocycles. The number of amides is 1. The smallest absolute Gasteiger partial charge is 0.263 e. The van der Waals surface area contributed by atoms with Gasteiger partial charge >= 0.3 is 0 Å². The summed E-state index contributed by atoms with van der Waals surface area (Å²) in [6, 6.07) is 10.2. The standard InChI is InChI=1S/C26H32N4O2S/c1-2-14-30-25(32)23-20-10-6-7-11-21(20)33-24(23)27-26(30)29-17-15-28(16-18-29)22(31)13-12-19-8-4-3-5-9-19/h3-5,8-9H,2,6-7,10-18H2,1H3. The van der Waals surface area contributed by atoms with Gasteiger partial charge in [-0.15, -0.1) is 11.3 Å². The van der Waals surface area contributed by atoms with Crippen molar-refractivity contribution >= 4 is 33.4 Å². The van der Waals surface area contributed by atoms with Crippen molar-refractivity contribution in [3.05, 3.63) is 56.7 Å². The van der Waals surface area contributed by atoms with Crippen molar-refractivity contribution < 1.29 is 4.79 Å². The molecule has 1 aliphatic heterocycles. The van der Waals surface area contributed by atoms with E-state index in [1.165, 1.54) is 22.4 Å². The van der Waals surface area contributed by atoms with E-state index in [0.717, 1.165) is 48.3 Å². The van der Waals surface area contributed by atoms with E-state index in [-0.39, 0.29) is 11.5 Å². The first-order valence-corrected chi connectivity index (χ1v) is 13.1. The highest BCUT2D eigenvalue weighted by atomic mass is 32.1. The van der Waals surface area contributed by atoms with Gasteiger partial charge in [0.15, 0.2) is 0 Å². The van der Waals surface area contributed by atoms with Gasteiger partial charge in [-0.1, -0.05) is 37.3 Å². The minimum atomic E-state index is 0.123. The van der Waals surface area contributed by atoms with Gasteiger partial charge in [0.2, 0.25) is 11.9 Å². The molecule has 174 valence electrons. The molecule has 0 spiro atoms. The summed E-state index contributed by atoms with van der Waals surface area (Å²) in [5, 5.41) is 0.863. The van der Waals surface area contributed by atoms with Crippen LogP contribution < -0.4 is 10.5 Å². The van der Waals surface area contributed by atoms with Crippen LogP contribution in [0.2, 0.25) is 0 Å². The Kier molecular flexibility index (Phi) is 6.49. The SMILES string of the molecule is CCCn1c(N2CCN(C(=O)CCc3ccccc3)CC2)nc2sc3c(c2c1=O)CCCC3. The average molecular weight is 465 g/mol. The fourth-order valence-electron chi connectivity index (χ4n) is 5.10. The van der Waals surface area contributed by atoms with Gasteiger partial charge in [-0.25, -0.2) is 4.98 Å². The van der Waals surface area contributed by atoms with Crippen molar-refractivity contribution in [3.8, 4) is 0 Å². The minimum Gasteiger partial charge on any atom is -0.339 e. The second-order valence-electron chi connectivity index (χ2n) is 9.11. The number of carbonyl (C=O) groups excluding carboxylic acids is 1. The van der Waals surface area contributed by atoms with Crippen molar-refractivity contribution in [2.45, 2.75) is 58.4 Å². The summed E-state index contributed by atoms with van der Waals surface area (Å²) in [4.78, 5) is 37.8. The molecule has 3 aromatic rings. The molecule has 1 amide bonds. The van der Waals surface area contributed by atoms with E-state index in [1.54, 1.807) is 11.3 Å². The summed E-state index contributed by atoms with van der Waals surface area (Å²) in [5.74, 6) is 0.989. The van der Waals surface area contributed by atoms with Crippen LogP contribution in [0.4, 0.5) is 5.95 Å². The number of anilines is 1. The Balaban J connectivity index is 1.33. The van der Waals surface area contributed by atoms with E-state index in [9.17, 15) is 9.59 Å². The van der Waals surface area contributed by atoms with Gasteiger partial charge in [-0.2, -0.15) is 0 Å². The first kappa shape index (κ1) is 22.1. The number of piperazine rings is 1. The van der Waals surface area contributed by atoms with E-state index in [1.807, 2.05) is 27.7 Å². The lowest BCUT2D eigenvalue weighted by Crippen LogP contribution is -2.50. The van der Waals surface area contributed by atoms with Crippen molar-refractivity contribution in [3.63, 3.8) is 0 Å². The summed E-state index contributed by atoms with van der Waals surface area (Å²) in [7, 11) is 0. The van der Waals surface area contributed by atoms with Gasteiger partial charge in [-0.3, -0.25) is 14.2 Å². The maximum atomic E-state index is 13.5. The van der Waals surface area contributed by atoms with Crippen LogP contribution in [0.1, 0.15) is 48.6 Å².